The SMILES string of the molecule is CCCCCC1CCC(c2ccc(-c3ccc(C4(CCC)CC[Si]CC4)cc3)cc2)CC1. The summed E-state index contributed by atoms with van der Waals surface area (Å²) in [6.45, 7) is 4.67. The third-order valence-electron chi connectivity index (χ3n) is 8.56. The van der Waals surface area contributed by atoms with Crippen molar-refractivity contribution in [1.29, 1.82) is 0 Å². The normalized spacial score (nSPS) is 23.2. The quantitative estimate of drug-likeness (QED) is 0.267. The molecule has 0 aromatic heterocycles. The molecule has 1 heterocycles. The predicted octanol–water partition coefficient (Wildman–Crippen LogP) is 9.58. The van der Waals surface area contributed by atoms with Gasteiger partial charge in [0.1, 0.15) is 0 Å². The molecular formula is C31H44Si. The van der Waals surface area contributed by atoms with E-state index in [1.54, 1.807) is 11.1 Å². The van der Waals surface area contributed by atoms with Gasteiger partial charge in [0, 0.05) is 9.52 Å². The van der Waals surface area contributed by atoms with Crippen molar-refractivity contribution in [1.82, 2.24) is 0 Å². The Bertz CT molecular complexity index is 784. The summed E-state index contributed by atoms with van der Waals surface area (Å²) in [6.07, 6.45) is 16.8. The van der Waals surface area contributed by atoms with Crippen LogP contribution >= 0.6 is 0 Å². The highest BCUT2D eigenvalue weighted by molar-refractivity contribution is 6.35. The molecule has 0 nitrogen and oxygen atoms in total. The highest BCUT2D eigenvalue weighted by Crippen LogP contribution is 2.43. The van der Waals surface area contributed by atoms with E-state index in [9.17, 15) is 0 Å². The Hall–Kier alpha value is -1.34. The van der Waals surface area contributed by atoms with Crippen molar-refractivity contribution in [2.24, 2.45) is 5.92 Å². The Morgan fingerprint density at radius 3 is 1.97 bits per heavy atom. The summed E-state index contributed by atoms with van der Waals surface area (Å²) in [5.41, 5.74) is 6.38. The average Bonchev–Trinajstić information content (AvgIpc) is 2.86. The van der Waals surface area contributed by atoms with Gasteiger partial charge in [0.05, 0.1) is 0 Å². The first-order valence-corrected chi connectivity index (χ1v) is 15.1. The minimum absolute atomic E-state index is 0.456. The van der Waals surface area contributed by atoms with E-state index >= 15 is 0 Å². The molecule has 0 bridgehead atoms. The Morgan fingerprint density at radius 1 is 0.750 bits per heavy atom. The van der Waals surface area contributed by atoms with Gasteiger partial charge in [0.2, 0.25) is 0 Å². The van der Waals surface area contributed by atoms with E-state index in [4.69, 9.17) is 0 Å². The monoisotopic (exact) mass is 444 g/mol. The minimum atomic E-state index is 0.456. The highest BCUT2D eigenvalue weighted by Gasteiger charge is 2.32. The van der Waals surface area contributed by atoms with E-state index < -0.39 is 0 Å². The maximum Gasteiger partial charge on any atom is 0.0378 e. The van der Waals surface area contributed by atoms with E-state index in [-0.39, 0.29) is 0 Å². The van der Waals surface area contributed by atoms with Gasteiger partial charge in [-0.15, -0.1) is 0 Å². The van der Waals surface area contributed by atoms with Gasteiger partial charge in [-0.1, -0.05) is 107 Å². The fraction of sp³-hybridized carbons (Fsp3) is 0.613. The molecule has 1 saturated heterocycles. The summed E-state index contributed by atoms with van der Waals surface area (Å²) in [4.78, 5) is 0. The second-order valence-corrected chi connectivity index (χ2v) is 12.2. The fourth-order valence-corrected chi connectivity index (χ4v) is 8.06. The Morgan fingerprint density at radius 2 is 1.38 bits per heavy atom. The van der Waals surface area contributed by atoms with Crippen LogP contribution in [0.15, 0.2) is 48.5 Å². The molecule has 1 heteroatoms. The number of benzene rings is 2. The lowest BCUT2D eigenvalue weighted by Crippen LogP contribution is -2.30. The summed E-state index contributed by atoms with van der Waals surface area (Å²) in [6, 6.07) is 22.1. The van der Waals surface area contributed by atoms with Crippen LogP contribution in [0.1, 0.15) is 108 Å². The third kappa shape index (κ3) is 5.77. The van der Waals surface area contributed by atoms with E-state index in [2.05, 4.69) is 62.4 Å². The predicted molar refractivity (Wildman–Crippen MR) is 142 cm³/mol. The van der Waals surface area contributed by atoms with Crippen LogP contribution in [0.2, 0.25) is 12.1 Å². The van der Waals surface area contributed by atoms with Crippen LogP contribution in [0.3, 0.4) is 0 Å². The van der Waals surface area contributed by atoms with Crippen molar-refractivity contribution in [2.75, 3.05) is 0 Å². The van der Waals surface area contributed by atoms with Crippen molar-refractivity contribution >= 4 is 9.52 Å². The zero-order chi connectivity index (χ0) is 22.2. The van der Waals surface area contributed by atoms with E-state index in [0.717, 1.165) is 11.8 Å². The molecule has 1 aliphatic heterocycles. The molecule has 32 heavy (non-hydrogen) atoms. The van der Waals surface area contributed by atoms with Crippen LogP contribution in [0.25, 0.3) is 11.1 Å². The average molecular weight is 445 g/mol. The van der Waals surface area contributed by atoms with Gasteiger partial charge < -0.3 is 0 Å². The second kappa shape index (κ2) is 11.7. The van der Waals surface area contributed by atoms with Gasteiger partial charge in [0.15, 0.2) is 0 Å². The summed E-state index contributed by atoms with van der Waals surface area (Å²) in [5.74, 6) is 1.78. The van der Waals surface area contributed by atoms with Gasteiger partial charge in [-0.25, -0.2) is 0 Å². The van der Waals surface area contributed by atoms with Crippen molar-refractivity contribution in [3.63, 3.8) is 0 Å². The standard InChI is InChI=1S/C31H44Si/c1-3-5-6-7-25-8-10-26(11-9-25)27-12-14-28(15-13-27)29-16-18-30(19-17-29)31(20-4-2)21-23-32-24-22-31/h12-19,25-26H,3-11,20-24H2,1-2H3. The largest absolute Gasteiger partial charge is 0.0654 e. The van der Waals surface area contributed by atoms with Crippen molar-refractivity contribution in [3.8, 4) is 11.1 Å². The summed E-state index contributed by atoms with van der Waals surface area (Å²) < 4.78 is 0. The molecule has 2 aromatic rings. The molecular weight excluding hydrogens is 400 g/mol. The Labute approximate surface area is 200 Å². The first-order chi connectivity index (χ1) is 15.7. The minimum Gasteiger partial charge on any atom is -0.0654 e. The van der Waals surface area contributed by atoms with Gasteiger partial charge >= 0.3 is 0 Å². The summed E-state index contributed by atoms with van der Waals surface area (Å²) in [7, 11) is 1.19. The van der Waals surface area contributed by atoms with Crippen LogP contribution in [0.5, 0.6) is 0 Å². The lowest BCUT2D eigenvalue weighted by Gasteiger charge is -2.38. The summed E-state index contributed by atoms with van der Waals surface area (Å²) in [5, 5.41) is 0. The number of hydrogen-bond acceptors (Lipinski definition) is 0. The Balaban J connectivity index is 1.37. The number of hydrogen-bond donors (Lipinski definition) is 0. The van der Waals surface area contributed by atoms with E-state index in [1.165, 1.54) is 110 Å². The number of rotatable bonds is 9. The molecule has 0 N–H and O–H groups in total. The van der Waals surface area contributed by atoms with Gasteiger partial charge in [-0.05, 0) is 84.5 Å². The van der Waals surface area contributed by atoms with Gasteiger partial charge in [-0.3, -0.25) is 0 Å². The molecule has 0 amide bonds. The zero-order valence-electron chi connectivity index (χ0n) is 20.7. The van der Waals surface area contributed by atoms with E-state index in [0.29, 0.717) is 5.41 Å². The lowest BCUT2D eigenvalue weighted by atomic mass is 9.72. The molecule has 0 unspecified atom stereocenters. The van der Waals surface area contributed by atoms with Crippen molar-refractivity contribution in [2.45, 2.75) is 114 Å². The van der Waals surface area contributed by atoms with Crippen LogP contribution in [-0.4, -0.2) is 9.52 Å². The van der Waals surface area contributed by atoms with Crippen LogP contribution in [-0.2, 0) is 5.41 Å². The lowest BCUT2D eigenvalue weighted by molar-refractivity contribution is 0.303. The molecule has 4 rings (SSSR count). The van der Waals surface area contributed by atoms with E-state index in [1.807, 2.05) is 0 Å². The maximum absolute atomic E-state index is 2.45. The first-order valence-electron chi connectivity index (χ1n) is 13.7. The van der Waals surface area contributed by atoms with Crippen LogP contribution < -0.4 is 0 Å². The highest BCUT2D eigenvalue weighted by atomic mass is 28.2. The molecule has 1 aliphatic carbocycles. The Kier molecular flexibility index (Phi) is 8.69. The molecule has 2 aliphatic rings. The van der Waals surface area contributed by atoms with Gasteiger partial charge in [0.25, 0.3) is 0 Å². The molecule has 0 spiro atoms. The van der Waals surface area contributed by atoms with Crippen molar-refractivity contribution < 1.29 is 0 Å². The van der Waals surface area contributed by atoms with Crippen LogP contribution in [0.4, 0.5) is 0 Å². The molecule has 2 aromatic carbocycles. The van der Waals surface area contributed by atoms with Gasteiger partial charge in [-0.2, -0.15) is 0 Å². The summed E-state index contributed by atoms with van der Waals surface area (Å²) >= 11 is 0. The molecule has 2 radical (unpaired) electrons. The zero-order valence-corrected chi connectivity index (χ0v) is 21.7. The molecule has 1 saturated carbocycles. The van der Waals surface area contributed by atoms with Crippen LogP contribution in [0, 0.1) is 5.92 Å². The second-order valence-electron chi connectivity index (χ2n) is 10.7. The first kappa shape index (κ1) is 23.8. The molecule has 0 atom stereocenters. The third-order valence-corrected chi connectivity index (χ3v) is 9.77. The van der Waals surface area contributed by atoms with Crippen molar-refractivity contribution in [3.05, 3.63) is 59.7 Å². The topological polar surface area (TPSA) is 0 Å². The fourth-order valence-electron chi connectivity index (χ4n) is 6.50. The maximum atomic E-state index is 2.45. The molecule has 2 fully saturated rings. The molecule has 172 valence electrons. The number of unbranched alkanes of at least 4 members (excludes halogenated alkanes) is 2. The smallest absolute Gasteiger partial charge is 0.0378 e.